The lowest BCUT2D eigenvalue weighted by Crippen LogP contribution is -2.32. The van der Waals surface area contributed by atoms with Gasteiger partial charge in [0.25, 0.3) is 0 Å². The van der Waals surface area contributed by atoms with Crippen LogP contribution >= 0.6 is 15.9 Å². The van der Waals surface area contributed by atoms with Gasteiger partial charge in [0.2, 0.25) is 0 Å². The van der Waals surface area contributed by atoms with Crippen LogP contribution in [0.5, 0.6) is 0 Å². The average Bonchev–Trinajstić information content (AvgIpc) is 2.35. The summed E-state index contributed by atoms with van der Waals surface area (Å²) in [6.07, 6.45) is 0. The number of rotatable bonds is 6. The Morgan fingerprint density at radius 1 is 1.50 bits per heavy atom. The third-order valence-electron chi connectivity index (χ3n) is 2.37. The molecular formula is C12H15BrFNO3. The first kappa shape index (κ1) is 15.1. The molecule has 1 atom stereocenters. The summed E-state index contributed by atoms with van der Waals surface area (Å²) in [5, 5.41) is 3.00. The molecule has 1 aromatic rings. The van der Waals surface area contributed by atoms with Crippen molar-refractivity contribution >= 4 is 21.9 Å². The van der Waals surface area contributed by atoms with Gasteiger partial charge in [0, 0.05) is 18.1 Å². The molecule has 100 valence electrons. The van der Waals surface area contributed by atoms with Crippen molar-refractivity contribution in [3.63, 3.8) is 0 Å². The van der Waals surface area contributed by atoms with Gasteiger partial charge in [-0.05, 0) is 17.7 Å². The van der Waals surface area contributed by atoms with Crippen LogP contribution in [0, 0.1) is 5.82 Å². The molecule has 18 heavy (non-hydrogen) atoms. The van der Waals surface area contributed by atoms with E-state index in [4.69, 9.17) is 9.47 Å². The lowest BCUT2D eigenvalue weighted by molar-refractivity contribution is -0.143. The maximum absolute atomic E-state index is 13.0. The molecule has 0 saturated heterocycles. The highest BCUT2D eigenvalue weighted by atomic mass is 79.9. The topological polar surface area (TPSA) is 47.6 Å². The summed E-state index contributed by atoms with van der Waals surface area (Å²) in [6.45, 7) is 0.951. The van der Waals surface area contributed by atoms with Gasteiger partial charge >= 0.3 is 5.97 Å². The first-order valence-electron chi connectivity index (χ1n) is 5.35. The quantitative estimate of drug-likeness (QED) is 0.644. The molecule has 1 aromatic carbocycles. The Labute approximate surface area is 114 Å². The van der Waals surface area contributed by atoms with Gasteiger partial charge in [-0.3, -0.25) is 5.32 Å². The fraction of sp³-hybridized carbons (Fsp3) is 0.417. The Kier molecular flexibility index (Phi) is 6.24. The highest BCUT2D eigenvalue weighted by Crippen LogP contribution is 2.25. The fourth-order valence-electron chi connectivity index (χ4n) is 1.48. The molecule has 0 bridgehead atoms. The molecule has 0 amide bonds. The number of carbonyl (C=O) groups is 1. The van der Waals surface area contributed by atoms with Gasteiger partial charge in [0.15, 0.2) is 0 Å². The first-order valence-corrected chi connectivity index (χ1v) is 6.14. The Morgan fingerprint density at radius 3 is 2.78 bits per heavy atom. The normalized spacial score (nSPS) is 12.2. The van der Waals surface area contributed by atoms with E-state index in [-0.39, 0.29) is 5.82 Å². The van der Waals surface area contributed by atoms with Gasteiger partial charge in [-0.15, -0.1) is 0 Å². The van der Waals surface area contributed by atoms with Crippen LogP contribution in [-0.2, 0) is 14.3 Å². The summed E-state index contributed by atoms with van der Waals surface area (Å²) in [6, 6.07) is 3.50. The molecule has 4 nitrogen and oxygen atoms in total. The summed E-state index contributed by atoms with van der Waals surface area (Å²) in [5.41, 5.74) is 0.624. The predicted molar refractivity (Wildman–Crippen MR) is 68.7 cm³/mol. The molecule has 0 heterocycles. The van der Waals surface area contributed by atoms with Crippen molar-refractivity contribution in [3.8, 4) is 0 Å². The monoisotopic (exact) mass is 319 g/mol. The van der Waals surface area contributed by atoms with Crippen molar-refractivity contribution in [2.45, 2.75) is 6.04 Å². The zero-order valence-electron chi connectivity index (χ0n) is 10.2. The number of carbonyl (C=O) groups excluding carboxylic acids is 1. The fourth-order valence-corrected chi connectivity index (χ4v) is 2.06. The number of hydrogen-bond acceptors (Lipinski definition) is 4. The molecule has 0 aliphatic carbocycles. The van der Waals surface area contributed by atoms with Gasteiger partial charge in [0.05, 0.1) is 13.7 Å². The SMILES string of the molecule is COCCNC(C(=O)OC)c1ccc(F)cc1Br. The molecule has 0 aliphatic heterocycles. The average molecular weight is 320 g/mol. The molecule has 1 rings (SSSR count). The summed E-state index contributed by atoms with van der Waals surface area (Å²) in [4.78, 5) is 11.7. The van der Waals surface area contributed by atoms with Crippen LogP contribution in [0.3, 0.4) is 0 Å². The van der Waals surface area contributed by atoms with Gasteiger partial charge < -0.3 is 9.47 Å². The van der Waals surface area contributed by atoms with E-state index in [2.05, 4.69) is 21.2 Å². The van der Waals surface area contributed by atoms with Crippen molar-refractivity contribution in [3.05, 3.63) is 34.1 Å². The second-order valence-corrected chi connectivity index (χ2v) is 4.42. The minimum absolute atomic E-state index is 0.369. The van der Waals surface area contributed by atoms with E-state index in [0.29, 0.717) is 23.2 Å². The summed E-state index contributed by atoms with van der Waals surface area (Å²) in [7, 11) is 2.88. The van der Waals surface area contributed by atoms with E-state index in [1.165, 1.54) is 19.2 Å². The van der Waals surface area contributed by atoms with Crippen molar-refractivity contribution in [1.82, 2.24) is 5.32 Å². The Morgan fingerprint density at radius 2 is 2.22 bits per heavy atom. The molecule has 0 aliphatic rings. The van der Waals surface area contributed by atoms with Crippen LogP contribution in [0.4, 0.5) is 4.39 Å². The minimum Gasteiger partial charge on any atom is -0.468 e. The lowest BCUT2D eigenvalue weighted by atomic mass is 10.1. The third kappa shape index (κ3) is 4.04. The van der Waals surface area contributed by atoms with Gasteiger partial charge in [0.1, 0.15) is 11.9 Å². The molecule has 0 saturated carbocycles. The van der Waals surface area contributed by atoms with Crippen LogP contribution in [0.15, 0.2) is 22.7 Å². The van der Waals surface area contributed by atoms with Crippen LogP contribution in [0.25, 0.3) is 0 Å². The Bertz CT molecular complexity index is 414. The molecule has 0 spiro atoms. The largest absolute Gasteiger partial charge is 0.468 e. The number of benzene rings is 1. The van der Waals surface area contributed by atoms with Gasteiger partial charge in [-0.1, -0.05) is 22.0 Å². The van der Waals surface area contributed by atoms with Crippen molar-refractivity contribution in [2.75, 3.05) is 27.4 Å². The Balaban J connectivity index is 2.90. The van der Waals surface area contributed by atoms with E-state index in [9.17, 15) is 9.18 Å². The molecular weight excluding hydrogens is 305 g/mol. The molecule has 0 radical (unpaired) electrons. The van der Waals surface area contributed by atoms with E-state index in [0.717, 1.165) is 0 Å². The maximum atomic E-state index is 13.0. The van der Waals surface area contributed by atoms with Gasteiger partial charge in [-0.25, -0.2) is 9.18 Å². The standard InChI is InChI=1S/C12H15BrFNO3/c1-17-6-5-15-11(12(16)18-2)9-4-3-8(14)7-10(9)13/h3-4,7,11,15H,5-6H2,1-2H3. The smallest absolute Gasteiger partial charge is 0.327 e. The van der Waals surface area contributed by atoms with Crippen LogP contribution < -0.4 is 5.32 Å². The third-order valence-corrected chi connectivity index (χ3v) is 3.05. The van der Waals surface area contributed by atoms with E-state index in [1.807, 2.05) is 0 Å². The molecule has 1 unspecified atom stereocenters. The summed E-state index contributed by atoms with van der Waals surface area (Å²) < 4.78 is 23.2. The first-order chi connectivity index (χ1) is 8.60. The predicted octanol–water partition coefficient (Wildman–Crippen LogP) is 2.04. The Hall–Kier alpha value is -0.980. The van der Waals surface area contributed by atoms with Crippen LogP contribution in [0.1, 0.15) is 11.6 Å². The summed E-state index contributed by atoms with van der Waals surface area (Å²) in [5.74, 6) is -0.801. The van der Waals surface area contributed by atoms with E-state index < -0.39 is 12.0 Å². The molecule has 1 N–H and O–H groups in total. The molecule has 6 heteroatoms. The highest BCUT2D eigenvalue weighted by molar-refractivity contribution is 9.10. The number of methoxy groups -OCH3 is 2. The second-order valence-electron chi connectivity index (χ2n) is 3.57. The van der Waals surface area contributed by atoms with Crippen molar-refractivity contribution < 1.29 is 18.7 Å². The number of halogens is 2. The number of ether oxygens (including phenoxy) is 2. The van der Waals surface area contributed by atoms with Crippen molar-refractivity contribution in [1.29, 1.82) is 0 Å². The maximum Gasteiger partial charge on any atom is 0.327 e. The second kappa shape index (κ2) is 7.45. The minimum atomic E-state index is -0.653. The number of esters is 1. The van der Waals surface area contributed by atoms with E-state index >= 15 is 0 Å². The zero-order valence-corrected chi connectivity index (χ0v) is 11.8. The van der Waals surface area contributed by atoms with Crippen LogP contribution in [-0.4, -0.2) is 33.3 Å². The van der Waals surface area contributed by atoms with E-state index in [1.54, 1.807) is 13.2 Å². The summed E-state index contributed by atoms with van der Waals surface area (Å²) >= 11 is 3.24. The zero-order chi connectivity index (χ0) is 13.5. The van der Waals surface area contributed by atoms with Crippen molar-refractivity contribution in [2.24, 2.45) is 0 Å². The van der Waals surface area contributed by atoms with Crippen LogP contribution in [0.2, 0.25) is 0 Å². The highest BCUT2D eigenvalue weighted by Gasteiger charge is 2.23. The molecule has 0 fully saturated rings. The molecule has 0 aromatic heterocycles. The lowest BCUT2D eigenvalue weighted by Gasteiger charge is -2.18. The van der Waals surface area contributed by atoms with Gasteiger partial charge in [-0.2, -0.15) is 0 Å². The number of nitrogens with one attached hydrogen (secondary N) is 1. The number of hydrogen-bond donors (Lipinski definition) is 1.